The van der Waals surface area contributed by atoms with Gasteiger partial charge in [-0.1, -0.05) is 20.8 Å². The fraction of sp³-hybridized carbons (Fsp3) is 0.529. The first-order chi connectivity index (χ1) is 10.8. The van der Waals surface area contributed by atoms with Crippen molar-refractivity contribution in [1.29, 1.82) is 0 Å². The highest BCUT2D eigenvalue weighted by Crippen LogP contribution is 2.31. The molecule has 6 nitrogen and oxygen atoms in total. The van der Waals surface area contributed by atoms with Gasteiger partial charge in [0.05, 0.1) is 26.7 Å². The lowest BCUT2D eigenvalue weighted by molar-refractivity contribution is -0.138. The first-order valence-electron chi connectivity index (χ1n) is 7.54. The molecule has 1 amide bonds. The van der Waals surface area contributed by atoms with Crippen molar-refractivity contribution < 1.29 is 24.2 Å². The first-order valence-corrected chi connectivity index (χ1v) is 7.54. The molecule has 0 aromatic heterocycles. The van der Waals surface area contributed by atoms with E-state index in [0.29, 0.717) is 17.1 Å². The number of methoxy groups -OCH3 is 2. The number of rotatable bonds is 8. The largest absolute Gasteiger partial charge is 0.497 e. The van der Waals surface area contributed by atoms with E-state index in [1.54, 1.807) is 18.2 Å². The van der Waals surface area contributed by atoms with Crippen molar-refractivity contribution in [3.8, 4) is 11.5 Å². The van der Waals surface area contributed by atoms with Crippen LogP contribution < -0.4 is 14.8 Å². The van der Waals surface area contributed by atoms with Crippen molar-refractivity contribution in [2.75, 3.05) is 14.2 Å². The Morgan fingerprint density at radius 1 is 1.17 bits per heavy atom. The molecule has 128 valence electrons. The number of carbonyl (C=O) groups is 2. The number of ether oxygens (including phenoxy) is 2. The normalized spacial score (nSPS) is 13.3. The van der Waals surface area contributed by atoms with Crippen molar-refractivity contribution in [3.63, 3.8) is 0 Å². The second-order valence-corrected chi connectivity index (χ2v) is 5.80. The summed E-state index contributed by atoms with van der Waals surface area (Å²) in [7, 11) is 3.03. The van der Waals surface area contributed by atoms with E-state index in [1.165, 1.54) is 14.2 Å². The summed E-state index contributed by atoms with van der Waals surface area (Å²) in [5.41, 5.74) is 0.611. The second kappa shape index (κ2) is 8.41. The third kappa shape index (κ3) is 5.16. The van der Waals surface area contributed by atoms with Gasteiger partial charge in [0, 0.05) is 17.5 Å². The maximum Gasteiger partial charge on any atom is 0.305 e. The number of hydrogen-bond acceptors (Lipinski definition) is 4. The number of aliphatic carboxylic acids is 1. The van der Waals surface area contributed by atoms with E-state index < -0.39 is 12.0 Å². The van der Waals surface area contributed by atoms with E-state index >= 15 is 0 Å². The fourth-order valence-corrected chi connectivity index (χ4v) is 2.13. The molecule has 1 aromatic rings. The average Bonchev–Trinajstić information content (AvgIpc) is 2.52. The molecule has 0 saturated heterocycles. The van der Waals surface area contributed by atoms with E-state index in [2.05, 4.69) is 5.32 Å². The van der Waals surface area contributed by atoms with Crippen LogP contribution in [0.15, 0.2) is 18.2 Å². The summed E-state index contributed by atoms with van der Waals surface area (Å²) in [5.74, 6) is -0.141. The molecule has 0 bridgehead atoms. The summed E-state index contributed by atoms with van der Waals surface area (Å²) in [6.45, 7) is 5.72. The van der Waals surface area contributed by atoms with Crippen LogP contribution in [0, 0.1) is 11.8 Å². The van der Waals surface area contributed by atoms with E-state index in [-0.39, 0.29) is 24.2 Å². The van der Waals surface area contributed by atoms with Gasteiger partial charge in [-0.25, -0.2) is 0 Å². The Morgan fingerprint density at radius 3 is 2.30 bits per heavy atom. The number of nitrogens with one attached hydrogen (secondary N) is 1. The lowest BCUT2D eigenvalue weighted by Gasteiger charge is -2.23. The molecule has 2 atom stereocenters. The summed E-state index contributed by atoms with van der Waals surface area (Å²) in [5, 5.41) is 12.0. The SMILES string of the molecule is COc1ccc(C(CC(=O)O)NC(=O)C(C)C(C)C)c(OC)c1. The highest BCUT2D eigenvalue weighted by atomic mass is 16.5. The number of benzene rings is 1. The third-order valence-electron chi connectivity index (χ3n) is 3.92. The predicted octanol–water partition coefficient (Wildman–Crippen LogP) is 2.63. The molecule has 0 aliphatic heterocycles. The lowest BCUT2D eigenvalue weighted by Crippen LogP contribution is -2.36. The van der Waals surface area contributed by atoms with Crippen molar-refractivity contribution >= 4 is 11.9 Å². The van der Waals surface area contributed by atoms with Gasteiger partial charge in [0.15, 0.2) is 0 Å². The van der Waals surface area contributed by atoms with Gasteiger partial charge in [-0.15, -0.1) is 0 Å². The number of amides is 1. The molecule has 0 spiro atoms. The van der Waals surface area contributed by atoms with E-state index in [1.807, 2.05) is 20.8 Å². The van der Waals surface area contributed by atoms with E-state index in [9.17, 15) is 9.59 Å². The molecule has 2 unspecified atom stereocenters. The average molecular weight is 323 g/mol. The monoisotopic (exact) mass is 323 g/mol. The molecule has 0 aliphatic rings. The fourth-order valence-electron chi connectivity index (χ4n) is 2.13. The minimum atomic E-state index is -0.995. The molecule has 0 fully saturated rings. The van der Waals surface area contributed by atoms with Gasteiger partial charge < -0.3 is 19.9 Å². The van der Waals surface area contributed by atoms with Gasteiger partial charge >= 0.3 is 5.97 Å². The zero-order valence-corrected chi connectivity index (χ0v) is 14.3. The second-order valence-electron chi connectivity index (χ2n) is 5.80. The molecule has 2 N–H and O–H groups in total. The molecular weight excluding hydrogens is 298 g/mol. The Labute approximate surface area is 136 Å². The summed E-state index contributed by atoms with van der Waals surface area (Å²) in [6, 6.07) is 4.43. The summed E-state index contributed by atoms with van der Waals surface area (Å²) in [6.07, 6.45) is -0.223. The van der Waals surface area contributed by atoms with E-state index in [4.69, 9.17) is 14.6 Å². The van der Waals surface area contributed by atoms with Gasteiger partial charge in [-0.3, -0.25) is 9.59 Å². The number of carboxylic acid groups (broad SMARTS) is 1. The molecule has 1 aromatic carbocycles. The first kappa shape index (κ1) is 18.8. The van der Waals surface area contributed by atoms with Gasteiger partial charge in [-0.05, 0) is 18.1 Å². The van der Waals surface area contributed by atoms with Crippen LogP contribution in [0.3, 0.4) is 0 Å². The van der Waals surface area contributed by atoms with Crippen LogP contribution in [-0.2, 0) is 9.59 Å². The highest BCUT2D eigenvalue weighted by molar-refractivity contribution is 5.80. The van der Waals surface area contributed by atoms with Crippen molar-refractivity contribution in [2.24, 2.45) is 11.8 Å². The van der Waals surface area contributed by atoms with Crippen LogP contribution in [0.5, 0.6) is 11.5 Å². The summed E-state index contributed by atoms with van der Waals surface area (Å²) in [4.78, 5) is 23.5. The highest BCUT2D eigenvalue weighted by Gasteiger charge is 2.25. The lowest BCUT2D eigenvalue weighted by atomic mass is 9.95. The molecule has 6 heteroatoms. The molecule has 0 radical (unpaired) electrons. The molecule has 1 rings (SSSR count). The Bertz CT molecular complexity index is 556. The smallest absolute Gasteiger partial charge is 0.305 e. The Hall–Kier alpha value is -2.24. The predicted molar refractivity (Wildman–Crippen MR) is 86.7 cm³/mol. The van der Waals surface area contributed by atoms with Crippen LogP contribution in [-0.4, -0.2) is 31.2 Å². The standard InChI is InChI=1S/C17H25NO5/c1-10(2)11(3)17(21)18-14(9-16(19)20)13-7-6-12(22-4)8-15(13)23-5/h6-8,10-11,14H,9H2,1-5H3,(H,18,21)(H,19,20). The minimum Gasteiger partial charge on any atom is -0.497 e. The zero-order valence-electron chi connectivity index (χ0n) is 14.3. The van der Waals surface area contributed by atoms with Crippen LogP contribution >= 0.6 is 0 Å². The van der Waals surface area contributed by atoms with Crippen LogP contribution in [0.1, 0.15) is 38.8 Å². The maximum atomic E-state index is 12.3. The zero-order chi connectivity index (χ0) is 17.6. The topological polar surface area (TPSA) is 84.9 Å². The van der Waals surface area contributed by atoms with E-state index in [0.717, 1.165) is 0 Å². The van der Waals surface area contributed by atoms with Crippen molar-refractivity contribution in [1.82, 2.24) is 5.32 Å². The molecule has 0 heterocycles. The Morgan fingerprint density at radius 2 is 1.83 bits per heavy atom. The Kier molecular flexibility index (Phi) is 6.88. The van der Waals surface area contributed by atoms with Crippen molar-refractivity contribution in [2.45, 2.75) is 33.2 Å². The maximum absolute atomic E-state index is 12.3. The van der Waals surface area contributed by atoms with Crippen molar-refractivity contribution in [3.05, 3.63) is 23.8 Å². The molecule has 23 heavy (non-hydrogen) atoms. The minimum absolute atomic E-state index is 0.165. The van der Waals surface area contributed by atoms with Gasteiger partial charge in [0.1, 0.15) is 11.5 Å². The van der Waals surface area contributed by atoms with Crippen LogP contribution in [0.4, 0.5) is 0 Å². The van der Waals surface area contributed by atoms with Crippen LogP contribution in [0.2, 0.25) is 0 Å². The number of carboxylic acids is 1. The molecule has 0 aliphatic carbocycles. The van der Waals surface area contributed by atoms with Gasteiger partial charge in [0.25, 0.3) is 0 Å². The van der Waals surface area contributed by atoms with Gasteiger partial charge in [-0.2, -0.15) is 0 Å². The quantitative estimate of drug-likeness (QED) is 0.768. The summed E-state index contributed by atoms with van der Waals surface area (Å²) >= 11 is 0. The number of carbonyl (C=O) groups excluding carboxylic acids is 1. The summed E-state index contributed by atoms with van der Waals surface area (Å²) < 4.78 is 10.5. The number of hydrogen-bond donors (Lipinski definition) is 2. The third-order valence-corrected chi connectivity index (χ3v) is 3.92. The van der Waals surface area contributed by atoms with Crippen LogP contribution in [0.25, 0.3) is 0 Å². The Balaban J connectivity index is 3.11. The van der Waals surface area contributed by atoms with Gasteiger partial charge in [0.2, 0.25) is 5.91 Å². The molecular formula is C17H25NO5. The molecule has 0 saturated carbocycles.